The molecule has 0 aliphatic heterocycles. The van der Waals surface area contributed by atoms with Crippen LogP contribution in [-0.2, 0) is 6.54 Å². The molecule has 1 aromatic rings. The molecule has 0 atom stereocenters. The van der Waals surface area contributed by atoms with E-state index in [1.807, 2.05) is 0 Å². The van der Waals surface area contributed by atoms with Crippen LogP contribution in [0.4, 0.5) is 22.0 Å². The lowest BCUT2D eigenvalue weighted by atomic mass is 10.2. The number of ether oxygens (including phenoxy) is 1. The lowest BCUT2D eigenvalue weighted by molar-refractivity contribution is -0.275. The third-order valence-corrected chi connectivity index (χ3v) is 1.88. The van der Waals surface area contributed by atoms with Crippen molar-refractivity contribution in [1.82, 2.24) is 4.98 Å². The van der Waals surface area contributed by atoms with Gasteiger partial charge < -0.3 is 10.5 Å². The molecule has 0 amide bonds. The van der Waals surface area contributed by atoms with Crippen LogP contribution >= 0.6 is 11.6 Å². The second-order valence-corrected chi connectivity index (χ2v) is 3.25. The Balaban J connectivity index is 3.32. The highest BCUT2D eigenvalue weighted by Crippen LogP contribution is 2.36. The zero-order valence-electron chi connectivity index (χ0n) is 8.06. The molecular weight excluding hydrogens is 271 g/mol. The van der Waals surface area contributed by atoms with E-state index in [4.69, 9.17) is 17.3 Å². The molecule has 3 nitrogen and oxygen atoms in total. The fraction of sp³-hybridized carbons (Fsp3) is 0.375. The van der Waals surface area contributed by atoms with Gasteiger partial charge in [-0.2, -0.15) is 0 Å². The highest BCUT2D eigenvalue weighted by Gasteiger charge is 2.35. The van der Waals surface area contributed by atoms with E-state index in [-0.39, 0.29) is 5.15 Å². The Morgan fingerprint density at radius 2 is 2.00 bits per heavy atom. The molecule has 17 heavy (non-hydrogen) atoms. The lowest BCUT2D eigenvalue weighted by Crippen LogP contribution is -2.20. The van der Waals surface area contributed by atoms with Gasteiger partial charge in [0.2, 0.25) is 0 Å². The van der Waals surface area contributed by atoms with E-state index in [1.54, 1.807) is 0 Å². The second kappa shape index (κ2) is 5.01. The smallest absolute Gasteiger partial charge is 0.403 e. The summed E-state index contributed by atoms with van der Waals surface area (Å²) in [6, 6.07) is 0.604. The van der Waals surface area contributed by atoms with E-state index >= 15 is 0 Å². The van der Waals surface area contributed by atoms with Gasteiger partial charge in [-0.3, -0.25) is 0 Å². The Bertz CT molecular complexity index is 410. The number of nitrogens with zero attached hydrogens (tertiary/aromatic N) is 1. The summed E-state index contributed by atoms with van der Waals surface area (Å²) < 4.78 is 64.6. The molecule has 0 radical (unpaired) electrons. The average Bonchev–Trinajstić information content (AvgIpc) is 2.17. The molecule has 1 rings (SSSR count). The van der Waals surface area contributed by atoms with E-state index < -0.39 is 36.3 Å². The molecule has 2 N–H and O–H groups in total. The summed E-state index contributed by atoms with van der Waals surface area (Å²) in [5, 5.41) is -0.379. The number of nitrogens with two attached hydrogens (primary N) is 1. The van der Waals surface area contributed by atoms with Crippen molar-refractivity contribution in [2.45, 2.75) is 19.3 Å². The minimum absolute atomic E-state index is 0.379. The molecule has 0 spiro atoms. The predicted molar refractivity (Wildman–Crippen MR) is 48.8 cm³/mol. The van der Waals surface area contributed by atoms with Crippen LogP contribution in [0.5, 0.6) is 5.75 Å². The van der Waals surface area contributed by atoms with Crippen molar-refractivity contribution >= 4 is 11.6 Å². The Kier molecular flexibility index (Phi) is 4.10. The molecule has 0 aliphatic carbocycles. The van der Waals surface area contributed by atoms with Gasteiger partial charge in [0, 0.05) is 6.54 Å². The van der Waals surface area contributed by atoms with Crippen molar-refractivity contribution in [2.24, 2.45) is 5.73 Å². The van der Waals surface area contributed by atoms with Gasteiger partial charge in [-0.25, -0.2) is 13.8 Å². The minimum atomic E-state index is -5.11. The summed E-state index contributed by atoms with van der Waals surface area (Å²) in [5.41, 5.74) is 3.62. The van der Waals surface area contributed by atoms with Crippen LogP contribution in [0, 0.1) is 0 Å². The highest BCUT2D eigenvalue weighted by molar-refractivity contribution is 6.29. The van der Waals surface area contributed by atoms with Crippen LogP contribution in [-0.4, -0.2) is 11.3 Å². The third kappa shape index (κ3) is 3.67. The molecule has 1 aromatic heterocycles. The molecular formula is C8H6ClF5N2O. The molecule has 9 heteroatoms. The standard InChI is InChI=1S/C8H6ClF5N2O/c9-5-1-3(7(10)11)6(4(2-15)16-5)17-8(12,13)14/h1,7H,2,15H2. The molecule has 96 valence electrons. The summed E-state index contributed by atoms with van der Waals surface area (Å²) in [4.78, 5) is 3.40. The SMILES string of the molecule is NCc1nc(Cl)cc(C(F)F)c1OC(F)(F)F. The largest absolute Gasteiger partial charge is 0.573 e. The Labute approximate surface area is 97.3 Å². The molecule has 1 heterocycles. The van der Waals surface area contributed by atoms with Crippen molar-refractivity contribution in [3.63, 3.8) is 0 Å². The average molecular weight is 277 g/mol. The quantitative estimate of drug-likeness (QED) is 0.682. The van der Waals surface area contributed by atoms with Crippen molar-refractivity contribution in [1.29, 1.82) is 0 Å². The van der Waals surface area contributed by atoms with Gasteiger partial charge in [-0.1, -0.05) is 11.6 Å². The summed E-state index contributed by atoms with van der Waals surface area (Å²) in [6.07, 6.45) is -8.29. The number of rotatable bonds is 3. The summed E-state index contributed by atoms with van der Waals surface area (Å²) >= 11 is 5.38. The second-order valence-electron chi connectivity index (χ2n) is 2.86. The normalized spacial score (nSPS) is 12.0. The van der Waals surface area contributed by atoms with Gasteiger partial charge in [0.05, 0.1) is 11.3 Å². The first-order chi connectivity index (χ1) is 7.74. The minimum Gasteiger partial charge on any atom is -0.403 e. The van der Waals surface area contributed by atoms with Gasteiger partial charge in [0.1, 0.15) is 5.15 Å². The molecule has 0 fully saturated rings. The van der Waals surface area contributed by atoms with Crippen molar-refractivity contribution < 1.29 is 26.7 Å². The maximum Gasteiger partial charge on any atom is 0.573 e. The van der Waals surface area contributed by atoms with Crippen molar-refractivity contribution in [3.05, 3.63) is 22.5 Å². The fourth-order valence-electron chi connectivity index (χ4n) is 1.11. The van der Waals surface area contributed by atoms with Gasteiger partial charge in [-0.05, 0) is 6.07 Å². The van der Waals surface area contributed by atoms with Gasteiger partial charge in [0.15, 0.2) is 5.75 Å². The number of pyridine rings is 1. The Hall–Kier alpha value is -1.15. The van der Waals surface area contributed by atoms with E-state index in [1.165, 1.54) is 0 Å². The number of aromatic nitrogens is 1. The molecule has 0 bridgehead atoms. The predicted octanol–water partition coefficient (Wildman–Crippen LogP) is 3.03. The van der Waals surface area contributed by atoms with E-state index in [9.17, 15) is 22.0 Å². The first kappa shape index (κ1) is 13.9. The highest BCUT2D eigenvalue weighted by atomic mass is 35.5. The lowest BCUT2D eigenvalue weighted by Gasteiger charge is -2.15. The van der Waals surface area contributed by atoms with Crippen LogP contribution in [0.2, 0.25) is 5.15 Å². The van der Waals surface area contributed by atoms with Crippen LogP contribution in [0.1, 0.15) is 17.7 Å². The summed E-state index contributed by atoms with van der Waals surface area (Å²) in [7, 11) is 0. The van der Waals surface area contributed by atoms with E-state index in [0.29, 0.717) is 6.07 Å². The Morgan fingerprint density at radius 1 is 1.41 bits per heavy atom. The molecule has 0 saturated heterocycles. The molecule has 0 aromatic carbocycles. The number of hydrogen-bond donors (Lipinski definition) is 1. The van der Waals surface area contributed by atoms with Crippen molar-refractivity contribution in [2.75, 3.05) is 0 Å². The van der Waals surface area contributed by atoms with Crippen LogP contribution in [0.15, 0.2) is 6.07 Å². The summed E-state index contributed by atoms with van der Waals surface area (Å²) in [6.45, 7) is -0.508. The first-order valence-corrected chi connectivity index (χ1v) is 4.55. The van der Waals surface area contributed by atoms with Crippen LogP contribution < -0.4 is 10.5 Å². The van der Waals surface area contributed by atoms with Gasteiger partial charge >= 0.3 is 6.36 Å². The topological polar surface area (TPSA) is 48.1 Å². The van der Waals surface area contributed by atoms with E-state index in [2.05, 4.69) is 9.72 Å². The number of alkyl halides is 5. The molecule has 0 aliphatic rings. The van der Waals surface area contributed by atoms with Gasteiger partial charge in [0.25, 0.3) is 6.43 Å². The van der Waals surface area contributed by atoms with Gasteiger partial charge in [-0.15, -0.1) is 13.2 Å². The van der Waals surface area contributed by atoms with Crippen LogP contribution in [0.3, 0.4) is 0 Å². The summed E-state index contributed by atoms with van der Waals surface area (Å²) in [5.74, 6) is -1.10. The van der Waals surface area contributed by atoms with E-state index in [0.717, 1.165) is 0 Å². The number of halogens is 6. The zero-order chi connectivity index (χ0) is 13.2. The van der Waals surface area contributed by atoms with Crippen LogP contribution in [0.25, 0.3) is 0 Å². The maximum atomic E-state index is 12.5. The Morgan fingerprint density at radius 3 is 2.41 bits per heavy atom. The molecule has 0 unspecified atom stereocenters. The monoisotopic (exact) mass is 276 g/mol. The number of hydrogen-bond acceptors (Lipinski definition) is 3. The van der Waals surface area contributed by atoms with Crippen molar-refractivity contribution in [3.8, 4) is 5.75 Å². The first-order valence-electron chi connectivity index (χ1n) is 4.18. The third-order valence-electron chi connectivity index (χ3n) is 1.69. The fourth-order valence-corrected chi connectivity index (χ4v) is 1.33. The zero-order valence-corrected chi connectivity index (χ0v) is 8.82. The molecule has 0 saturated carbocycles. The maximum absolute atomic E-state index is 12.5.